The van der Waals surface area contributed by atoms with Crippen molar-refractivity contribution in [2.45, 2.75) is 38.3 Å². The number of thiazole rings is 1. The molecule has 13 heteroatoms. The molecule has 0 aliphatic carbocycles. The molecule has 2 aromatic heterocycles. The maximum atomic E-state index is 14.1. The molecule has 1 fully saturated rings. The lowest BCUT2D eigenvalue weighted by Gasteiger charge is -2.25. The van der Waals surface area contributed by atoms with E-state index in [1.165, 1.54) is 6.20 Å². The molecule has 0 spiro atoms. The summed E-state index contributed by atoms with van der Waals surface area (Å²) >= 11 is 0.833. The van der Waals surface area contributed by atoms with Crippen LogP contribution >= 0.6 is 11.3 Å². The second-order valence-corrected chi connectivity index (χ2v) is 8.97. The summed E-state index contributed by atoms with van der Waals surface area (Å²) in [5.74, 6) is -1.75. The number of nitrogens with zero attached hydrogens (tertiary/aromatic N) is 4. The van der Waals surface area contributed by atoms with Crippen molar-refractivity contribution in [1.29, 1.82) is 0 Å². The van der Waals surface area contributed by atoms with E-state index in [1.54, 1.807) is 0 Å². The van der Waals surface area contributed by atoms with Gasteiger partial charge in [0.25, 0.3) is 12.3 Å². The molecular weight excluding hydrogens is 474 g/mol. The molecule has 0 saturated carbocycles. The van der Waals surface area contributed by atoms with Crippen molar-refractivity contribution < 1.29 is 22.4 Å². The van der Waals surface area contributed by atoms with Gasteiger partial charge in [-0.25, -0.2) is 27.2 Å². The molecule has 1 aromatic carbocycles. The highest BCUT2D eigenvalue weighted by Crippen LogP contribution is 2.34. The van der Waals surface area contributed by atoms with Gasteiger partial charge in [0, 0.05) is 24.7 Å². The molecule has 4 rings (SSSR count). The summed E-state index contributed by atoms with van der Waals surface area (Å²) in [6.45, 7) is 0.434. The molecule has 1 atom stereocenters. The number of rotatable bonds is 6. The van der Waals surface area contributed by atoms with Gasteiger partial charge in [0.05, 0.1) is 6.20 Å². The molecule has 3 aromatic rings. The Bertz CT molecular complexity index is 1180. The summed E-state index contributed by atoms with van der Waals surface area (Å²) in [6, 6.07) is 2.90. The molecular formula is C21H23F4N7OS. The number of nitrogens with two attached hydrogens (primary N) is 2. The van der Waals surface area contributed by atoms with Gasteiger partial charge in [-0.3, -0.25) is 4.79 Å². The number of amides is 1. The number of nitrogens with one attached hydrogen (secondary N) is 1. The van der Waals surface area contributed by atoms with Crippen molar-refractivity contribution in [1.82, 2.24) is 14.8 Å². The zero-order valence-electron chi connectivity index (χ0n) is 18.0. The summed E-state index contributed by atoms with van der Waals surface area (Å²) < 4.78 is 55.2. The second kappa shape index (κ2) is 9.97. The van der Waals surface area contributed by atoms with E-state index < -0.39 is 30.5 Å². The van der Waals surface area contributed by atoms with Gasteiger partial charge >= 0.3 is 0 Å². The molecule has 1 aliphatic heterocycles. The molecule has 182 valence electrons. The molecule has 1 saturated heterocycles. The van der Waals surface area contributed by atoms with Gasteiger partial charge in [0.2, 0.25) is 0 Å². The third-order valence-corrected chi connectivity index (χ3v) is 6.39. The summed E-state index contributed by atoms with van der Waals surface area (Å²) in [6.07, 6.45) is 0.867. The van der Waals surface area contributed by atoms with Crippen LogP contribution in [0.4, 0.5) is 34.1 Å². The average molecular weight is 498 g/mol. The zero-order valence-corrected chi connectivity index (χ0v) is 18.8. The van der Waals surface area contributed by atoms with Gasteiger partial charge in [-0.05, 0) is 37.5 Å². The smallest absolute Gasteiger partial charge is 0.277 e. The number of carbonyl (C=O) groups excluding carboxylic acids is 1. The first-order chi connectivity index (χ1) is 16.2. The van der Waals surface area contributed by atoms with Gasteiger partial charge in [0.1, 0.15) is 33.9 Å². The van der Waals surface area contributed by atoms with Crippen molar-refractivity contribution >= 4 is 33.8 Å². The normalized spacial score (nSPS) is 16.6. The van der Waals surface area contributed by atoms with E-state index in [0.29, 0.717) is 25.3 Å². The maximum Gasteiger partial charge on any atom is 0.277 e. The summed E-state index contributed by atoms with van der Waals surface area (Å²) in [5, 5.41) is 6.71. The van der Waals surface area contributed by atoms with Gasteiger partial charge in [-0.15, -0.1) is 0 Å². The lowest BCUT2D eigenvalue weighted by Crippen LogP contribution is -2.30. The van der Waals surface area contributed by atoms with E-state index in [-0.39, 0.29) is 33.0 Å². The Kier molecular flexibility index (Phi) is 7.03. The van der Waals surface area contributed by atoms with E-state index in [2.05, 4.69) is 15.4 Å². The molecule has 8 nitrogen and oxygen atoms in total. The molecule has 3 heterocycles. The van der Waals surface area contributed by atoms with Crippen LogP contribution in [0, 0.1) is 11.6 Å². The number of hydrogen-bond acceptors (Lipinski definition) is 7. The number of benzene rings is 1. The average Bonchev–Trinajstić information content (AvgIpc) is 3.27. The molecule has 1 aliphatic rings. The Morgan fingerprint density at radius 2 is 2.06 bits per heavy atom. The largest absolute Gasteiger partial charge is 0.389 e. The number of halogens is 4. The molecule has 5 N–H and O–H groups in total. The lowest BCUT2D eigenvalue weighted by molar-refractivity contribution is 0.102. The summed E-state index contributed by atoms with van der Waals surface area (Å²) in [7, 11) is 0. The number of nitrogen functional groups attached to an aromatic ring is 1. The Labute approximate surface area is 196 Å². The quantitative estimate of drug-likeness (QED) is 0.448. The Morgan fingerprint density at radius 3 is 2.82 bits per heavy atom. The number of anilines is 3. The predicted molar refractivity (Wildman–Crippen MR) is 122 cm³/mol. The third-order valence-electron chi connectivity index (χ3n) is 5.47. The van der Waals surface area contributed by atoms with Gasteiger partial charge in [0.15, 0.2) is 11.5 Å². The van der Waals surface area contributed by atoms with Crippen LogP contribution in [0.3, 0.4) is 0 Å². The van der Waals surface area contributed by atoms with Crippen molar-refractivity contribution in [3.05, 3.63) is 41.7 Å². The Hall–Kier alpha value is -3.19. The number of aromatic nitrogens is 3. The van der Waals surface area contributed by atoms with Gasteiger partial charge < -0.3 is 21.7 Å². The fourth-order valence-electron chi connectivity index (χ4n) is 3.85. The predicted octanol–water partition coefficient (Wildman–Crippen LogP) is 3.70. The van der Waals surface area contributed by atoms with Crippen LogP contribution in [0.5, 0.6) is 0 Å². The Balaban J connectivity index is 1.63. The first-order valence-electron chi connectivity index (χ1n) is 10.6. The van der Waals surface area contributed by atoms with Crippen LogP contribution in [-0.2, 0) is 6.54 Å². The monoisotopic (exact) mass is 497 g/mol. The zero-order chi connectivity index (χ0) is 24.4. The van der Waals surface area contributed by atoms with Crippen molar-refractivity contribution in [2.24, 2.45) is 5.73 Å². The van der Waals surface area contributed by atoms with Gasteiger partial charge in [-0.2, -0.15) is 5.10 Å². The second-order valence-electron chi connectivity index (χ2n) is 7.94. The third kappa shape index (κ3) is 5.14. The van der Waals surface area contributed by atoms with Crippen LogP contribution in [0.25, 0.3) is 10.6 Å². The van der Waals surface area contributed by atoms with Crippen molar-refractivity contribution in [3.63, 3.8) is 0 Å². The minimum absolute atomic E-state index is 0.00145. The van der Waals surface area contributed by atoms with Crippen molar-refractivity contribution in [2.75, 3.05) is 29.0 Å². The highest BCUT2D eigenvalue weighted by atomic mass is 32.1. The van der Waals surface area contributed by atoms with E-state index in [0.717, 1.165) is 47.1 Å². The number of hydrogen-bond donors (Lipinski definition) is 3. The number of carbonyl (C=O) groups is 1. The SMILES string of the molecule is Nc1sc(-c2cc(F)ccc2F)nc1C(=O)Nc1cnn(CC(F)F)c1N1CCCC(N)CC1. The molecule has 0 radical (unpaired) electrons. The fraction of sp³-hybridized carbons (Fsp3) is 0.381. The van der Waals surface area contributed by atoms with E-state index in [1.807, 2.05) is 4.90 Å². The van der Waals surface area contributed by atoms with Crippen LogP contribution in [-0.4, -0.2) is 46.2 Å². The first kappa shape index (κ1) is 24.0. The van der Waals surface area contributed by atoms with E-state index in [4.69, 9.17) is 11.5 Å². The summed E-state index contributed by atoms with van der Waals surface area (Å²) in [4.78, 5) is 18.9. The summed E-state index contributed by atoms with van der Waals surface area (Å²) in [5.41, 5.74) is 11.9. The highest BCUT2D eigenvalue weighted by molar-refractivity contribution is 7.19. The Morgan fingerprint density at radius 1 is 1.26 bits per heavy atom. The maximum absolute atomic E-state index is 14.1. The lowest BCUT2D eigenvalue weighted by atomic mass is 10.1. The molecule has 0 bridgehead atoms. The number of alkyl halides is 2. The van der Waals surface area contributed by atoms with Crippen LogP contribution in [0.15, 0.2) is 24.4 Å². The van der Waals surface area contributed by atoms with Crippen LogP contribution in [0.1, 0.15) is 29.8 Å². The van der Waals surface area contributed by atoms with Crippen LogP contribution in [0.2, 0.25) is 0 Å². The van der Waals surface area contributed by atoms with Gasteiger partial charge in [-0.1, -0.05) is 11.3 Å². The minimum atomic E-state index is -2.64. The van der Waals surface area contributed by atoms with Crippen LogP contribution < -0.4 is 21.7 Å². The van der Waals surface area contributed by atoms with Crippen molar-refractivity contribution in [3.8, 4) is 10.6 Å². The standard InChI is InChI=1S/C21H23F4N7OS/c22-11-3-4-14(23)13(8-11)20-30-17(18(27)34-20)19(33)29-15-9-28-32(10-16(24)25)21(15)31-6-1-2-12(26)5-7-31/h3-4,8-9,12,16H,1-2,5-7,10,26-27H2,(H,29,33). The first-order valence-corrected chi connectivity index (χ1v) is 11.4. The molecule has 1 unspecified atom stereocenters. The minimum Gasteiger partial charge on any atom is -0.389 e. The fourth-order valence-corrected chi connectivity index (χ4v) is 4.70. The molecule has 34 heavy (non-hydrogen) atoms. The topological polar surface area (TPSA) is 115 Å². The van der Waals surface area contributed by atoms with E-state index >= 15 is 0 Å². The van der Waals surface area contributed by atoms with E-state index in [9.17, 15) is 22.4 Å². The molecule has 1 amide bonds. The highest BCUT2D eigenvalue weighted by Gasteiger charge is 2.26.